The molecule has 0 aliphatic rings. The zero-order valence-corrected chi connectivity index (χ0v) is 14.9. The first-order valence-electron chi connectivity index (χ1n) is 7.51. The highest BCUT2D eigenvalue weighted by atomic mass is 79.9. The number of halogens is 1. The summed E-state index contributed by atoms with van der Waals surface area (Å²) in [5.74, 6) is 1.02. The maximum absolute atomic E-state index is 12.3. The number of unbranched alkanes of at least 4 members (excludes halogenated alkanes) is 1. The van der Waals surface area contributed by atoms with Crippen molar-refractivity contribution in [2.75, 3.05) is 19.0 Å². The number of benzene rings is 2. The molecule has 0 aromatic heterocycles. The molecule has 23 heavy (non-hydrogen) atoms. The fourth-order valence-corrected chi connectivity index (χ4v) is 2.26. The van der Waals surface area contributed by atoms with Gasteiger partial charge in [0.1, 0.15) is 0 Å². The van der Waals surface area contributed by atoms with E-state index in [0.29, 0.717) is 23.7 Å². The highest BCUT2D eigenvalue weighted by Crippen LogP contribution is 2.28. The van der Waals surface area contributed by atoms with Crippen LogP contribution in [0.3, 0.4) is 0 Å². The molecule has 0 atom stereocenters. The summed E-state index contributed by atoms with van der Waals surface area (Å²) in [4.78, 5) is 12.3. The van der Waals surface area contributed by atoms with E-state index in [2.05, 4.69) is 28.2 Å². The minimum atomic E-state index is -0.189. The molecule has 1 N–H and O–H groups in total. The number of hydrogen-bond donors (Lipinski definition) is 1. The minimum absolute atomic E-state index is 0.189. The highest BCUT2D eigenvalue weighted by molar-refractivity contribution is 9.10. The minimum Gasteiger partial charge on any atom is -0.493 e. The summed E-state index contributed by atoms with van der Waals surface area (Å²) in [7, 11) is 1.57. The molecule has 2 aromatic carbocycles. The van der Waals surface area contributed by atoms with Gasteiger partial charge >= 0.3 is 0 Å². The quantitative estimate of drug-likeness (QED) is 0.698. The predicted octanol–water partition coefficient (Wildman–Crippen LogP) is 4.89. The third kappa shape index (κ3) is 4.99. The van der Waals surface area contributed by atoms with Crippen LogP contribution in [0, 0.1) is 0 Å². The van der Waals surface area contributed by atoms with Gasteiger partial charge in [-0.25, -0.2) is 0 Å². The van der Waals surface area contributed by atoms with Gasteiger partial charge in [0.15, 0.2) is 11.5 Å². The molecule has 0 spiro atoms. The maximum atomic E-state index is 12.3. The first-order valence-corrected chi connectivity index (χ1v) is 8.31. The van der Waals surface area contributed by atoms with Crippen LogP contribution in [0.4, 0.5) is 5.69 Å². The van der Waals surface area contributed by atoms with Crippen molar-refractivity contribution in [3.63, 3.8) is 0 Å². The number of rotatable bonds is 7. The van der Waals surface area contributed by atoms with Crippen molar-refractivity contribution in [3.8, 4) is 11.5 Å². The number of hydrogen-bond acceptors (Lipinski definition) is 3. The normalized spacial score (nSPS) is 10.2. The zero-order valence-electron chi connectivity index (χ0n) is 13.3. The molecule has 2 aromatic rings. The molecular weight excluding hydrogens is 358 g/mol. The average molecular weight is 378 g/mol. The molecule has 0 fully saturated rings. The van der Waals surface area contributed by atoms with Crippen LogP contribution in [0.2, 0.25) is 0 Å². The van der Waals surface area contributed by atoms with Crippen LogP contribution >= 0.6 is 15.9 Å². The summed E-state index contributed by atoms with van der Waals surface area (Å²) in [5, 5.41) is 2.85. The smallest absolute Gasteiger partial charge is 0.255 e. The monoisotopic (exact) mass is 377 g/mol. The fraction of sp³-hybridized carbons (Fsp3) is 0.278. The van der Waals surface area contributed by atoms with Crippen molar-refractivity contribution in [1.29, 1.82) is 0 Å². The van der Waals surface area contributed by atoms with E-state index >= 15 is 0 Å². The third-order valence-electron chi connectivity index (χ3n) is 3.28. The first kappa shape index (κ1) is 17.3. The number of carbonyl (C=O) groups excluding carboxylic acids is 1. The van der Waals surface area contributed by atoms with E-state index in [9.17, 15) is 4.79 Å². The summed E-state index contributed by atoms with van der Waals surface area (Å²) in [6.45, 7) is 2.74. The van der Waals surface area contributed by atoms with Gasteiger partial charge in [-0.1, -0.05) is 29.3 Å². The second-order valence-electron chi connectivity index (χ2n) is 5.03. The van der Waals surface area contributed by atoms with Gasteiger partial charge in [-0.05, 0) is 48.9 Å². The maximum Gasteiger partial charge on any atom is 0.255 e. The number of amides is 1. The number of carbonyl (C=O) groups is 1. The molecule has 122 valence electrons. The Labute approximate surface area is 144 Å². The standard InChI is InChI=1S/C18H20BrNO3/c1-3-4-11-23-16-10-5-13(12-17(16)22-2)18(21)20-15-8-6-14(19)7-9-15/h5-10,12H,3-4,11H2,1-2H3,(H,20,21). The lowest BCUT2D eigenvalue weighted by Gasteiger charge is -2.12. The fourth-order valence-electron chi connectivity index (χ4n) is 1.99. The lowest BCUT2D eigenvalue weighted by atomic mass is 10.2. The Morgan fingerprint density at radius 3 is 2.52 bits per heavy atom. The first-order chi connectivity index (χ1) is 11.1. The summed E-state index contributed by atoms with van der Waals surface area (Å²) >= 11 is 3.37. The van der Waals surface area contributed by atoms with Gasteiger partial charge in [-0.15, -0.1) is 0 Å². The number of ether oxygens (including phenoxy) is 2. The third-order valence-corrected chi connectivity index (χ3v) is 3.81. The van der Waals surface area contributed by atoms with Gasteiger partial charge < -0.3 is 14.8 Å². The van der Waals surface area contributed by atoms with Gasteiger partial charge in [-0.3, -0.25) is 4.79 Å². The van der Waals surface area contributed by atoms with Gasteiger partial charge in [0.25, 0.3) is 5.91 Å². The lowest BCUT2D eigenvalue weighted by Crippen LogP contribution is -2.12. The molecule has 0 saturated carbocycles. The summed E-state index contributed by atoms with van der Waals surface area (Å²) in [6, 6.07) is 12.6. The van der Waals surface area contributed by atoms with Crippen molar-refractivity contribution >= 4 is 27.5 Å². The van der Waals surface area contributed by atoms with Crippen LogP contribution in [0.1, 0.15) is 30.1 Å². The Morgan fingerprint density at radius 1 is 1.13 bits per heavy atom. The SMILES string of the molecule is CCCCOc1ccc(C(=O)Nc2ccc(Br)cc2)cc1OC. The van der Waals surface area contributed by atoms with Crippen molar-refractivity contribution in [2.45, 2.75) is 19.8 Å². The molecule has 0 bridgehead atoms. The van der Waals surface area contributed by atoms with Crippen LogP contribution in [0.15, 0.2) is 46.9 Å². The second kappa shape index (κ2) is 8.58. The summed E-state index contributed by atoms with van der Waals surface area (Å²) < 4.78 is 12.0. The van der Waals surface area contributed by atoms with E-state index in [-0.39, 0.29) is 5.91 Å². The van der Waals surface area contributed by atoms with Gasteiger partial charge in [0, 0.05) is 15.7 Å². The van der Waals surface area contributed by atoms with Gasteiger partial charge in [0.2, 0.25) is 0 Å². The summed E-state index contributed by atoms with van der Waals surface area (Å²) in [6.07, 6.45) is 2.05. The molecule has 0 aliphatic carbocycles. The number of methoxy groups -OCH3 is 1. The highest BCUT2D eigenvalue weighted by Gasteiger charge is 2.11. The van der Waals surface area contributed by atoms with Crippen molar-refractivity contribution in [1.82, 2.24) is 0 Å². The Balaban J connectivity index is 2.09. The van der Waals surface area contributed by atoms with Gasteiger partial charge in [-0.2, -0.15) is 0 Å². The topological polar surface area (TPSA) is 47.6 Å². The molecule has 0 radical (unpaired) electrons. The lowest BCUT2D eigenvalue weighted by molar-refractivity contribution is 0.102. The molecule has 0 unspecified atom stereocenters. The molecule has 1 amide bonds. The Hall–Kier alpha value is -2.01. The Kier molecular flexibility index (Phi) is 6.47. The molecule has 5 heteroatoms. The summed E-state index contributed by atoms with van der Waals surface area (Å²) in [5.41, 5.74) is 1.26. The van der Waals surface area contributed by atoms with Crippen molar-refractivity contribution in [3.05, 3.63) is 52.5 Å². The largest absolute Gasteiger partial charge is 0.493 e. The van der Waals surface area contributed by atoms with E-state index in [1.54, 1.807) is 25.3 Å². The number of nitrogens with one attached hydrogen (secondary N) is 1. The number of anilines is 1. The molecular formula is C18H20BrNO3. The predicted molar refractivity (Wildman–Crippen MR) is 95.5 cm³/mol. The molecule has 2 rings (SSSR count). The van der Waals surface area contributed by atoms with E-state index in [1.165, 1.54) is 0 Å². The average Bonchev–Trinajstić information content (AvgIpc) is 2.57. The van der Waals surface area contributed by atoms with Crippen molar-refractivity contribution in [2.24, 2.45) is 0 Å². The van der Waals surface area contributed by atoms with Crippen LogP contribution in [-0.4, -0.2) is 19.6 Å². The van der Waals surface area contributed by atoms with E-state index in [1.807, 2.05) is 24.3 Å². The Morgan fingerprint density at radius 2 is 1.87 bits per heavy atom. The molecule has 4 nitrogen and oxygen atoms in total. The molecule has 0 saturated heterocycles. The zero-order chi connectivity index (χ0) is 16.7. The van der Waals surface area contributed by atoms with Crippen LogP contribution in [0.5, 0.6) is 11.5 Å². The molecule has 0 aliphatic heterocycles. The van der Waals surface area contributed by atoms with Crippen molar-refractivity contribution < 1.29 is 14.3 Å². The van der Waals surface area contributed by atoms with Crippen LogP contribution in [0.25, 0.3) is 0 Å². The van der Waals surface area contributed by atoms with E-state index in [0.717, 1.165) is 23.0 Å². The molecule has 0 heterocycles. The second-order valence-corrected chi connectivity index (χ2v) is 5.94. The van der Waals surface area contributed by atoms with Crippen LogP contribution < -0.4 is 14.8 Å². The Bertz CT molecular complexity index is 656. The van der Waals surface area contributed by atoms with E-state index in [4.69, 9.17) is 9.47 Å². The van der Waals surface area contributed by atoms with Crippen LogP contribution in [-0.2, 0) is 0 Å². The van der Waals surface area contributed by atoms with Gasteiger partial charge in [0.05, 0.1) is 13.7 Å². The van der Waals surface area contributed by atoms with E-state index < -0.39 is 0 Å².